The topological polar surface area (TPSA) is 15.7 Å². The van der Waals surface area contributed by atoms with E-state index in [9.17, 15) is 0 Å². The lowest BCUT2D eigenvalue weighted by Gasteiger charge is -2.23. The highest BCUT2D eigenvalue weighted by Crippen LogP contribution is 2.39. The molecule has 0 amide bonds. The van der Waals surface area contributed by atoms with Crippen molar-refractivity contribution in [2.75, 3.05) is 37.5 Å². The van der Waals surface area contributed by atoms with E-state index in [1.807, 2.05) is 12.1 Å². The van der Waals surface area contributed by atoms with Crippen LogP contribution < -0.4 is 14.5 Å². The van der Waals surface area contributed by atoms with Crippen molar-refractivity contribution in [3.63, 3.8) is 0 Å². The second kappa shape index (κ2) is 7.36. The van der Waals surface area contributed by atoms with E-state index in [4.69, 9.17) is 4.74 Å². The van der Waals surface area contributed by atoms with Crippen LogP contribution in [0.1, 0.15) is 11.1 Å². The maximum Gasteiger partial charge on any atom is 0.118 e. The van der Waals surface area contributed by atoms with Gasteiger partial charge in [0.15, 0.2) is 0 Å². The molecule has 3 aromatic rings. The van der Waals surface area contributed by atoms with Gasteiger partial charge in [-0.1, -0.05) is 42.5 Å². The number of methoxy groups -OCH3 is 1. The third-order valence-corrected chi connectivity index (χ3v) is 5.31. The van der Waals surface area contributed by atoms with Crippen LogP contribution in [0.3, 0.4) is 0 Å². The Morgan fingerprint density at radius 3 is 2.33 bits per heavy atom. The quantitative estimate of drug-likeness (QED) is 0.639. The highest BCUT2D eigenvalue weighted by Gasteiger charge is 2.23. The molecule has 1 heterocycles. The summed E-state index contributed by atoms with van der Waals surface area (Å²) in [5, 5.41) is 0. The van der Waals surface area contributed by atoms with E-state index in [0.29, 0.717) is 0 Å². The van der Waals surface area contributed by atoms with E-state index >= 15 is 0 Å². The Morgan fingerprint density at radius 2 is 1.67 bits per heavy atom. The van der Waals surface area contributed by atoms with E-state index in [2.05, 4.69) is 78.5 Å². The molecule has 0 unspecified atom stereocenters. The van der Waals surface area contributed by atoms with Gasteiger partial charge in [-0.05, 0) is 47.4 Å². The smallest absolute Gasteiger partial charge is 0.118 e. The van der Waals surface area contributed by atoms with Crippen molar-refractivity contribution in [3.8, 4) is 16.9 Å². The molecule has 0 aliphatic carbocycles. The third-order valence-electron chi connectivity index (χ3n) is 5.31. The maximum atomic E-state index is 5.28. The lowest BCUT2D eigenvalue weighted by Crippen LogP contribution is -2.20. The standard InChI is InChI=1S/C24H26N2O/c1-25(2)21-11-9-19(10-12-21)23-6-4-5-20-15-16-26(24(20)23)17-18-7-13-22(27-3)14-8-18/h4-14H,15-17H2,1-3H3. The van der Waals surface area contributed by atoms with Crippen molar-refractivity contribution in [2.24, 2.45) is 0 Å². The number of benzene rings is 3. The second-order valence-corrected chi connectivity index (χ2v) is 7.27. The van der Waals surface area contributed by atoms with Crippen molar-refractivity contribution in [1.82, 2.24) is 0 Å². The molecule has 3 aromatic carbocycles. The predicted octanol–water partition coefficient (Wildman–Crippen LogP) is 4.99. The first-order valence-electron chi connectivity index (χ1n) is 9.43. The van der Waals surface area contributed by atoms with Gasteiger partial charge in [-0.3, -0.25) is 0 Å². The first-order valence-corrected chi connectivity index (χ1v) is 9.43. The van der Waals surface area contributed by atoms with E-state index in [1.54, 1.807) is 7.11 Å². The summed E-state index contributed by atoms with van der Waals surface area (Å²) in [6.07, 6.45) is 1.11. The third kappa shape index (κ3) is 3.50. The van der Waals surface area contributed by atoms with Crippen LogP contribution >= 0.6 is 0 Å². The van der Waals surface area contributed by atoms with Gasteiger partial charge in [-0.2, -0.15) is 0 Å². The van der Waals surface area contributed by atoms with E-state index < -0.39 is 0 Å². The van der Waals surface area contributed by atoms with Gasteiger partial charge < -0.3 is 14.5 Å². The minimum atomic E-state index is 0.905. The number of para-hydroxylation sites is 1. The molecule has 0 bridgehead atoms. The van der Waals surface area contributed by atoms with Gasteiger partial charge in [0.05, 0.1) is 7.11 Å². The molecule has 1 aliphatic rings. The average molecular weight is 358 g/mol. The van der Waals surface area contributed by atoms with Crippen LogP contribution in [-0.4, -0.2) is 27.7 Å². The van der Waals surface area contributed by atoms with Crippen LogP contribution in [0.2, 0.25) is 0 Å². The molecule has 3 nitrogen and oxygen atoms in total. The molecule has 0 saturated heterocycles. The first kappa shape index (κ1) is 17.5. The molecule has 0 N–H and O–H groups in total. The van der Waals surface area contributed by atoms with Gasteiger partial charge in [0.25, 0.3) is 0 Å². The summed E-state index contributed by atoms with van der Waals surface area (Å²) in [5.74, 6) is 0.905. The lowest BCUT2D eigenvalue weighted by molar-refractivity contribution is 0.414. The molecule has 3 heteroatoms. The van der Waals surface area contributed by atoms with Crippen LogP contribution in [0.15, 0.2) is 66.7 Å². The maximum absolute atomic E-state index is 5.28. The van der Waals surface area contributed by atoms with Crippen LogP contribution in [0.25, 0.3) is 11.1 Å². The van der Waals surface area contributed by atoms with Crippen LogP contribution in [0, 0.1) is 0 Å². The number of hydrogen-bond acceptors (Lipinski definition) is 3. The zero-order valence-electron chi connectivity index (χ0n) is 16.3. The molecule has 27 heavy (non-hydrogen) atoms. The summed E-state index contributed by atoms with van der Waals surface area (Å²) < 4.78 is 5.28. The Kier molecular flexibility index (Phi) is 4.76. The summed E-state index contributed by atoms with van der Waals surface area (Å²) in [6, 6.07) is 23.9. The molecule has 0 fully saturated rings. The second-order valence-electron chi connectivity index (χ2n) is 7.27. The molecular formula is C24H26N2O. The molecular weight excluding hydrogens is 332 g/mol. The summed E-state index contributed by atoms with van der Waals surface area (Å²) in [6.45, 7) is 1.98. The van der Waals surface area contributed by atoms with Crippen molar-refractivity contribution < 1.29 is 4.74 Å². The Balaban J connectivity index is 1.65. The van der Waals surface area contributed by atoms with E-state index in [-0.39, 0.29) is 0 Å². The highest BCUT2D eigenvalue weighted by atomic mass is 16.5. The minimum Gasteiger partial charge on any atom is -0.497 e. The summed E-state index contributed by atoms with van der Waals surface area (Å²) in [7, 11) is 5.86. The molecule has 0 atom stereocenters. The van der Waals surface area contributed by atoms with Crippen molar-refractivity contribution in [2.45, 2.75) is 13.0 Å². The molecule has 138 valence electrons. The fourth-order valence-electron chi connectivity index (χ4n) is 3.82. The summed E-state index contributed by atoms with van der Waals surface area (Å²) in [5.41, 5.74) is 7.95. The molecule has 1 aliphatic heterocycles. The normalized spacial score (nSPS) is 12.8. The molecule has 4 rings (SSSR count). The van der Waals surface area contributed by atoms with Crippen molar-refractivity contribution in [1.29, 1.82) is 0 Å². The first-order chi connectivity index (χ1) is 13.2. The molecule has 0 saturated carbocycles. The molecule has 0 aromatic heterocycles. The van der Waals surface area contributed by atoms with Crippen LogP contribution in [0.4, 0.5) is 11.4 Å². The van der Waals surface area contributed by atoms with Gasteiger partial charge in [0.2, 0.25) is 0 Å². The summed E-state index contributed by atoms with van der Waals surface area (Å²) >= 11 is 0. The number of rotatable bonds is 5. The highest BCUT2D eigenvalue weighted by molar-refractivity contribution is 5.83. The van der Waals surface area contributed by atoms with Gasteiger partial charge in [0, 0.05) is 44.1 Å². The number of anilines is 2. The Bertz CT molecular complexity index is 914. The zero-order chi connectivity index (χ0) is 18.8. The fraction of sp³-hybridized carbons (Fsp3) is 0.250. The summed E-state index contributed by atoms with van der Waals surface area (Å²) in [4.78, 5) is 4.64. The fourth-order valence-corrected chi connectivity index (χ4v) is 3.82. The van der Waals surface area contributed by atoms with E-state index in [0.717, 1.165) is 25.3 Å². The Labute approximate surface area is 161 Å². The number of fused-ring (bicyclic) bond motifs is 1. The predicted molar refractivity (Wildman–Crippen MR) is 114 cm³/mol. The number of ether oxygens (including phenoxy) is 1. The number of nitrogens with zero attached hydrogens (tertiary/aromatic N) is 2. The van der Waals surface area contributed by atoms with Gasteiger partial charge in [0.1, 0.15) is 5.75 Å². The van der Waals surface area contributed by atoms with E-state index in [1.165, 1.54) is 33.6 Å². The van der Waals surface area contributed by atoms with Gasteiger partial charge in [-0.15, -0.1) is 0 Å². The van der Waals surface area contributed by atoms with Gasteiger partial charge >= 0.3 is 0 Å². The van der Waals surface area contributed by atoms with Crippen molar-refractivity contribution >= 4 is 11.4 Å². The van der Waals surface area contributed by atoms with Gasteiger partial charge in [-0.25, -0.2) is 0 Å². The SMILES string of the molecule is COc1ccc(CN2CCc3cccc(-c4ccc(N(C)C)cc4)c32)cc1. The minimum absolute atomic E-state index is 0.905. The molecule has 0 spiro atoms. The number of hydrogen-bond donors (Lipinski definition) is 0. The van der Waals surface area contributed by atoms with Crippen LogP contribution in [-0.2, 0) is 13.0 Å². The lowest BCUT2D eigenvalue weighted by atomic mass is 9.99. The van der Waals surface area contributed by atoms with Crippen molar-refractivity contribution in [3.05, 3.63) is 77.9 Å². The molecule has 0 radical (unpaired) electrons. The zero-order valence-corrected chi connectivity index (χ0v) is 16.3. The monoisotopic (exact) mass is 358 g/mol. The largest absolute Gasteiger partial charge is 0.497 e. The average Bonchev–Trinajstić information content (AvgIpc) is 3.11. The Morgan fingerprint density at radius 1 is 0.926 bits per heavy atom. The Hall–Kier alpha value is -2.94. The van der Waals surface area contributed by atoms with Crippen LogP contribution in [0.5, 0.6) is 5.75 Å².